The lowest BCUT2D eigenvalue weighted by molar-refractivity contribution is 0.828. The van der Waals surface area contributed by atoms with Crippen LogP contribution in [0.5, 0.6) is 0 Å². The molecule has 0 amide bonds. The van der Waals surface area contributed by atoms with Crippen LogP contribution in [0.25, 0.3) is 23.7 Å². The van der Waals surface area contributed by atoms with Crippen LogP contribution >= 0.6 is 0 Å². The number of nitrogens with zero attached hydrogens (tertiary/aromatic N) is 6. The summed E-state index contributed by atoms with van der Waals surface area (Å²) in [5.41, 5.74) is 6.66. The number of aryl methyl sites for hydroxylation is 1. The highest BCUT2D eigenvalue weighted by atomic mass is 15.3. The minimum Gasteiger partial charge on any atom is -0.332 e. The lowest BCUT2D eigenvalue weighted by atomic mass is 10.1. The molecule has 0 spiro atoms. The average molecular weight is 406 g/mol. The monoisotopic (exact) mass is 406 g/mol. The van der Waals surface area contributed by atoms with Gasteiger partial charge in [-0.05, 0) is 59.0 Å². The minimum absolute atomic E-state index is 0.588. The van der Waals surface area contributed by atoms with Gasteiger partial charge in [-0.15, -0.1) is 0 Å². The summed E-state index contributed by atoms with van der Waals surface area (Å²) in [5, 5.41) is 0. The van der Waals surface area contributed by atoms with Gasteiger partial charge in [0.05, 0.1) is 5.69 Å². The zero-order chi connectivity index (χ0) is 21.0. The Morgan fingerprint density at radius 2 is 1.68 bits per heavy atom. The summed E-state index contributed by atoms with van der Waals surface area (Å²) in [7, 11) is 0. The highest BCUT2D eigenvalue weighted by Gasteiger charge is 2.21. The van der Waals surface area contributed by atoms with Crippen LogP contribution in [0.2, 0.25) is 0 Å². The first-order valence-electron chi connectivity index (χ1n) is 10.4. The van der Waals surface area contributed by atoms with Crippen LogP contribution < -0.4 is 4.90 Å². The number of aromatic nitrogens is 5. The van der Waals surface area contributed by atoms with E-state index in [1.807, 2.05) is 36.4 Å². The molecule has 0 fully saturated rings. The molecule has 0 bridgehead atoms. The zero-order valence-electron chi connectivity index (χ0n) is 17.3. The highest BCUT2D eigenvalue weighted by molar-refractivity contribution is 5.68. The Morgan fingerprint density at radius 3 is 2.55 bits per heavy atom. The first-order valence-corrected chi connectivity index (χ1v) is 10.4. The molecule has 0 aliphatic carbocycles. The van der Waals surface area contributed by atoms with Gasteiger partial charge in [0.2, 0.25) is 5.95 Å². The average Bonchev–Trinajstić information content (AvgIpc) is 3.27. The summed E-state index contributed by atoms with van der Waals surface area (Å²) in [6.07, 6.45) is 12.1. The van der Waals surface area contributed by atoms with E-state index in [9.17, 15) is 0 Å². The second kappa shape index (κ2) is 8.44. The van der Waals surface area contributed by atoms with Gasteiger partial charge in [0.15, 0.2) is 5.82 Å². The van der Waals surface area contributed by atoms with Crippen molar-refractivity contribution in [3.8, 4) is 11.5 Å². The number of fused-ring (bicyclic) bond motifs is 1. The molecule has 5 rings (SSSR count). The van der Waals surface area contributed by atoms with E-state index in [1.54, 1.807) is 24.8 Å². The maximum absolute atomic E-state index is 4.77. The molecule has 0 N–H and O–H groups in total. The zero-order valence-corrected chi connectivity index (χ0v) is 17.3. The van der Waals surface area contributed by atoms with Gasteiger partial charge < -0.3 is 4.90 Å². The molecule has 3 aromatic heterocycles. The van der Waals surface area contributed by atoms with Crippen LogP contribution in [0.3, 0.4) is 0 Å². The molecule has 0 atom stereocenters. The SMILES string of the molecule is CCc1ccc2c(c1)CN(c1nccc(-c3nccc(/C=C/c4ccncc4)n3)n1)C2. The molecule has 6 heteroatoms. The fraction of sp³-hybridized carbons (Fsp3) is 0.160. The van der Waals surface area contributed by atoms with Crippen LogP contribution in [0.4, 0.5) is 5.95 Å². The van der Waals surface area contributed by atoms with Crippen LogP contribution in [0.15, 0.2) is 67.3 Å². The molecule has 4 heterocycles. The summed E-state index contributed by atoms with van der Waals surface area (Å²) in [5.74, 6) is 1.29. The van der Waals surface area contributed by atoms with Crippen LogP contribution in [0.1, 0.15) is 34.9 Å². The molecule has 1 aliphatic rings. The number of hydrogen-bond donors (Lipinski definition) is 0. The Kier molecular flexibility index (Phi) is 5.19. The smallest absolute Gasteiger partial charge is 0.226 e. The van der Waals surface area contributed by atoms with Gasteiger partial charge in [-0.25, -0.2) is 19.9 Å². The number of hydrogen-bond acceptors (Lipinski definition) is 6. The maximum Gasteiger partial charge on any atom is 0.226 e. The predicted octanol–water partition coefficient (Wildman–Crippen LogP) is 4.58. The van der Waals surface area contributed by atoms with E-state index >= 15 is 0 Å². The van der Waals surface area contributed by atoms with Gasteiger partial charge >= 0.3 is 0 Å². The third kappa shape index (κ3) is 4.19. The molecular weight excluding hydrogens is 384 g/mol. The van der Waals surface area contributed by atoms with Crippen LogP contribution in [0, 0.1) is 0 Å². The third-order valence-corrected chi connectivity index (χ3v) is 5.39. The number of anilines is 1. The van der Waals surface area contributed by atoms with E-state index in [-0.39, 0.29) is 0 Å². The van der Waals surface area contributed by atoms with E-state index in [1.165, 1.54) is 16.7 Å². The van der Waals surface area contributed by atoms with Gasteiger partial charge in [-0.1, -0.05) is 31.2 Å². The lowest BCUT2D eigenvalue weighted by Gasteiger charge is -2.15. The van der Waals surface area contributed by atoms with Gasteiger partial charge in [-0.2, -0.15) is 0 Å². The molecule has 4 aromatic rings. The highest BCUT2D eigenvalue weighted by Crippen LogP contribution is 2.27. The molecule has 1 aliphatic heterocycles. The topological polar surface area (TPSA) is 67.7 Å². The van der Waals surface area contributed by atoms with E-state index in [0.717, 1.165) is 36.5 Å². The van der Waals surface area contributed by atoms with Gasteiger partial charge in [-0.3, -0.25) is 4.98 Å². The fourth-order valence-electron chi connectivity index (χ4n) is 3.68. The summed E-state index contributed by atoms with van der Waals surface area (Å²) in [4.78, 5) is 24.6. The Balaban J connectivity index is 1.38. The summed E-state index contributed by atoms with van der Waals surface area (Å²) in [6.45, 7) is 3.82. The van der Waals surface area contributed by atoms with Gasteiger partial charge in [0, 0.05) is 37.9 Å². The van der Waals surface area contributed by atoms with Crippen molar-refractivity contribution in [3.63, 3.8) is 0 Å². The van der Waals surface area contributed by atoms with E-state index < -0.39 is 0 Å². The Hall–Kier alpha value is -3.93. The number of benzene rings is 1. The van der Waals surface area contributed by atoms with Crippen LogP contribution in [-0.4, -0.2) is 24.9 Å². The van der Waals surface area contributed by atoms with Crippen molar-refractivity contribution in [3.05, 3.63) is 95.2 Å². The fourth-order valence-corrected chi connectivity index (χ4v) is 3.68. The quantitative estimate of drug-likeness (QED) is 0.483. The van der Waals surface area contributed by atoms with Crippen molar-refractivity contribution >= 4 is 18.1 Å². The van der Waals surface area contributed by atoms with Crippen molar-refractivity contribution in [2.75, 3.05) is 4.90 Å². The number of rotatable bonds is 5. The van der Waals surface area contributed by atoms with Crippen molar-refractivity contribution in [1.29, 1.82) is 0 Å². The van der Waals surface area contributed by atoms with Crippen molar-refractivity contribution in [2.24, 2.45) is 0 Å². The third-order valence-electron chi connectivity index (χ3n) is 5.39. The molecule has 31 heavy (non-hydrogen) atoms. The molecule has 152 valence electrons. The second-order valence-electron chi connectivity index (χ2n) is 7.47. The first kappa shape index (κ1) is 19.1. The molecule has 6 nitrogen and oxygen atoms in total. The van der Waals surface area contributed by atoms with Gasteiger partial charge in [0.1, 0.15) is 5.69 Å². The summed E-state index contributed by atoms with van der Waals surface area (Å²) in [6, 6.07) is 14.4. The molecular formula is C25H22N6. The van der Waals surface area contributed by atoms with Gasteiger partial charge in [0.25, 0.3) is 0 Å². The van der Waals surface area contributed by atoms with E-state index in [4.69, 9.17) is 4.98 Å². The van der Waals surface area contributed by atoms with Crippen molar-refractivity contribution < 1.29 is 0 Å². The minimum atomic E-state index is 0.588. The Morgan fingerprint density at radius 1 is 0.839 bits per heavy atom. The molecule has 0 saturated carbocycles. The standard InChI is InChI=1S/C25H22N6/c1-2-18-3-5-20-16-31(17-21(20)15-18)25-28-14-10-23(30-25)24-27-13-9-22(29-24)6-4-19-7-11-26-12-8-19/h3-15H,2,16-17H2,1H3/b6-4+. The number of pyridine rings is 1. The normalized spacial score (nSPS) is 13.0. The van der Waals surface area contributed by atoms with Crippen molar-refractivity contribution in [1.82, 2.24) is 24.9 Å². The predicted molar refractivity (Wildman–Crippen MR) is 122 cm³/mol. The Bertz CT molecular complexity index is 1240. The van der Waals surface area contributed by atoms with E-state index in [0.29, 0.717) is 11.8 Å². The van der Waals surface area contributed by atoms with Crippen molar-refractivity contribution in [2.45, 2.75) is 26.4 Å². The lowest BCUT2D eigenvalue weighted by Crippen LogP contribution is -2.17. The molecule has 1 aromatic carbocycles. The second-order valence-corrected chi connectivity index (χ2v) is 7.47. The van der Waals surface area contributed by atoms with E-state index in [2.05, 4.69) is 50.0 Å². The summed E-state index contributed by atoms with van der Waals surface area (Å²) < 4.78 is 0. The largest absolute Gasteiger partial charge is 0.332 e. The first-order chi connectivity index (χ1) is 15.3. The summed E-state index contributed by atoms with van der Waals surface area (Å²) >= 11 is 0. The van der Waals surface area contributed by atoms with Crippen LogP contribution in [-0.2, 0) is 19.5 Å². The molecule has 0 unspecified atom stereocenters. The molecule has 0 saturated heterocycles. The molecule has 0 radical (unpaired) electrons. The Labute approximate surface area is 181 Å². The maximum atomic E-state index is 4.77.